The normalized spacial score (nSPS) is 17.0. The molecule has 1 aromatic heterocycles. The van der Waals surface area contributed by atoms with Crippen LogP contribution in [0, 0.1) is 0 Å². The fraction of sp³-hybridized carbons (Fsp3) is 0.200. The van der Waals surface area contributed by atoms with Crippen LogP contribution in [-0.4, -0.2) is 48.8 Å². The molecule has 33 heavy (non-hydrogen) atoms. The maximum absolute atomic E-state index is 13.4. The highest BCUT2D eigenvalue weighted by Gasteiger charge is 2.32. The molecule has 1 aliphatic rings. The van der Waals surface area contributed by atoms with E-state index in [2.05, 4.69) is 5.32 Å². The number of nitrogens with zero attached hydrogens (tertiary/aromatic N) is 2. The van der Waals surface area contributed by atoms with Gasteiger partial charge in [-0.15, -0.1) is 11.3 Å². The molecule has 6 nitrogen and oxygen atoms in total. The Morgan fingerprint density at radius 2 is 1.67 bits per heavy atom. The summed E-state index contributed by atoms with van der Waals surface area (Å²) in [7, 11) is -3.04. The van der Waals surface area contributed by atoms with Crippen LogP contribution in [0.3, 0.4) is 0 Å². The van der Waals surface area contributed by atoms with E-state index in [1.165, 1.54) is 0 Å². The predicted octanol–water partition coefficient (Wildman–Crippen LogP) is 4.37. The first kappa shape index (κ1) is 21.8. The van der Waals surface area contributed by atoms with E-state index in [1.807, 2.05) is 83.8 Å². The monoisotopic (exact) mass is 477 g/mol. The lowest BCUT2D eigenvalue weighted by atomic mass is 10.0. The highest BCUT2D eigenvalue weighted by atomic mass is 32.2. The Morgan fingerprint density at radius 3 is 2.42 bits per heavy atom. The van der Waals surface area contributed by atoms with Crippen LogP contribution in [-0.2, 0) is 14.6 Å². The van der Waals surface area contributed by atoms with Crippen LogP contribution in [0.25, 0.3) is 20.8 Å². The third-order valence-corrected chi connectivity index (χ3v) is 8.47. The minimum Gasteiger partial charge on any atom is -0.324 e. The molecule has 1 saturated heterocycles. The van der Waals surface area contributed by atoms with Crippen LogP contribution in [0.5, 0.6) is 0 Å². The minimum absolute atomic E-state index is 0.0662. The Bertz CT molecular complexity index is 1350. The van der Waals surface area contributed by atoms with Gasteiger partial charge in [-0.3, -0.25) is 9.69 Å². The maximum Gasteiger partial charge on any atom is 0.246 e. The summed E-state index contributed by atoms with van der Waals surface area (Å²) in [4.78, 5) is 20.1. The molecule has 0 spiro atoms. The quantitative estimate of drug-likeness (QED) is 0.462. The molecule has 0 saturated carbocycles. The molecule has 1 unspecified atom stereocenters. The molecular formula is C25H23N3O3S2. The van der Waals surface area contributed by atoms with Gasteiger partial charge in [0.05, 0.1) is 21.7 Å². The van der Waals surface area contributed by atoms with Crippen molar-refractivity contribution in [3.63, 3.8) is 0 Å². The Balaban J connectivity index is 1.41. The molecule has 1 amide bonds. The molecule has 168 valence electrons. The second-order valence-corrected chi connectivity index (χ2v) is 11.4. The minimum atomic E-state index is -3.04. The summed E-state index contributed by atoms with van der Waals surface area (Å²) in [5, 5.41) is 3.95. The number of aromatic nitrogens is 1. The third kappa shape index (κ3) is 4.83. The topological polar surface area (TPSA) is 79.4 Å². The van der Waals surface area contributed by atoms with Crippen molar-refractivity contribution in [3.8, 4) is 10.6 Å². The number of rotatable bonds is 5. The summed E-state index contributed by atoms with van der Waals surface area (Å²) in [5.74, 6) is -0.0464. The first-order valence-corrected chi connectivity index (χ1v) is 13.4. The van der Waals surface area contributed by atoms with Gasteiger partial charge in [0.1, 0.15) is 11.0 Å². The number of para-hydroxylation sites is 1. The first-order chi connectivity index (χ1) is 16.0. The molecule has 1 atom stereocenters. The van der Waals surface area contributed by atoms with Gasteiger partial charge >= 0.3 is 0 Å². The van der Waals surface area contributed by atoms with Gasteiger partial charge in [0.15, 0.2) is 9.84 Å². The summed E-state index contributed by atoms with van der Waals surface area (Å²) in [6, 6.07) is 24.6. The lowest BCUT2D eigenvalue weighted by Crippen LogP contribution is -2.46. The van der Waals surface area contributed by atoms with Crippen molar-refractivity contribution in [1.82, 2.24) is 9.88 Å². The zero-order valence-electron chi connectivity index (χ0n) is 17.8. The van der Waals surface area contributed by atoms with Crippen molar-refractivity contribution in [3.05, 3.63) is 84.4 Å². The first-order valence-electron chi connectivity index (χ1n) is 10.7. The number of carbonyl (C=O) groups excluding carboxylic acids is 1. The average molecular weight is 478 g/mol. The van der Waals surface area contributed by atoms with Gasteiger partial charge in [-0.2, -0.15) is 0 Å². The van der Waals surface area contributed by atoms with Crippen molar-refractivity contribution >= 4 is 43.0 Å². The largest absolute Gasteiger partial charge is 0.324 e. The van der Waals surface area contributed by atoms with Crippen molar-refractivity contribution in [1.29, 1.82) is 0 Å². The molecule has 4 aromatic rings. The second kappa shape index (κ2) is 9.05. The standard InChI is InChI=1S/C25H23N3O3S2/c29-24(23(18-7-2-1-3-8-18)28-13-15-33(30,31)16-14-28)26-20-10-6-9-19(17-20)25-27-21-11-4-5-12-22(21)32-25/h1-12,17,23H,13-16H2,(H,26,29). The Morgan fingerprint density at radius 1 is 0.939 bits per heavy atom. The number of fused-ring (bicyclic) bond motifs is 1. The van der Waals surface area contributed by atoms with Gasteiger partial charge in [-0.05, 0) is 29.8 Å². The van der Waals surface area contributed by atoms with E-state index < -0.39 is 15.9 Å². The number of nitrogens with one attached hydrogen (secondary N) is 1. The number of benzene rings is 3. The second-order valence-electron chi connectivity index (χ2n) is 8.06. The van der Waals surface area contributed by atoms with Crippen LogP contribution < -0.4 is 5.32 Å². The van der Waals surface area contributed by atoms with Crippen LogP contribution in [0.1, 0.15) is 11.6 Å². The summed E-state index contributed by atoms with van der Waals surface area (Å²) in [6.07, 6.45) is 0. The van der Waals surface area contributed by atoms with Gasteiger partial charge in [0.25, 0.3) is 0 Å². The molecule has 1 N–H and O–H groups in total. The molecule has 3 aromatic carbocycles. The van der Waals surface area contributed by atoms with E-state index in [4.69, 9.17) is 4.98 Å². The zero-order valence-corrected chi connectivity index (χ0v) is 19.5. The van der Waals surface area contributed by atoms with E-state index in [-0.39, 0.29) is 17.4 Å². The number of hydrogen-bond donors (Lipinski definition) is 1. The van der Waals surface area contributed by atoms with Crippen molar-refractivity contribution in [2.45, 2.75) is 6.04 Å². The van der Waals surface area contributed by atoms with Gasteiger partial charge in [0.2, 0.25) is 5.91 Å². The zero-order chi connectivity index (χ0) is 22.8. The highest BCUT2D eigenvalue weighted by Crippen LogP contribution is 2.32. The molecule has 0 aliphatic carbocycles. The smallest absolute Gasteiger partial charge is 0.246 e. The number of anilines is 1. The van der Waals surface area contributed by atoms with Crippen LogP contribution in [0.15, 0.2) is 78.9 Å². The summed E-state index contributed by atoms with van der Waals surface area (Å²) < 4.78 is 25.0. The maximum atomic E-state index is 13.4. The SMILES string of the molecule is O=C(Nc1cccc(-c2nc3ccccc3s2)c1)C(c1ccccc1)N1CCS(=O)(=O)CC1. The van der Waals surface area contributed by atoms with Crippen LogP contribution in [0.2, 0.25) is 0 Å². The van der Waals surface area contributed by atoms with E-state index in [9.17, 15) is 13.2 Å². The molecule has 8 heteroatoms. The highest BCUT2D eigenvalue weighted by molar-refractivity contribution is 7.91. The number of amides is 1. The molecule has 1 aliphatic heterocycles. The molecule has 2 heterocycles. The lowest BCUT2D eigenvalue weighted by molar-refractivity contribution is -0.121. The number of thiazole rings is 1. The van der Waals surface area contributed by atoms with E-state index in [0.29, 0.717) is 18.8 Å². The van der Waals surface area contributed by atoms with Gasteiger partial charge < -0.3 is 5.32 Å². The fourth-order valence-electron chi connectivity index (χ4n) is 4.08. The van der Waals surface area contributed by atoms with E-state index >= 15 is 0 Å². The Kier molecular flexibility index (Phi) is 5.97. The summed E-state index contributed by atoms with van der Waals surface area (Å²) in [6.45, 7) is 0.669. The van der Waals surface area contributed by atoms with Gasteiger partial charge in [0, 0.05) is 24.3 Å². The number of hydrogen-bond acceptors (Lipinski definition) is 6. The fourth-order valence-corrected chi connectivity index (χ4v) is 6.28. The van der Waals surface area contributed by atoms with Crippen molar-refractivity contribution in [2.75, 3.05) is 29.9 Å². The van der Waals surface area contributed by atoms with Crippen molar-refractivity contribution in [2.24, 2.45) is 0 Å². The van der Waals surface area contributed by atoms with Gasteiger partial charge in [-0.1, -0.05) is 54.6 Å². The Hall–Kier alpha value is -3.07. The van der Waals surface area contributed by atoms with Gasteiger partial charge in [-0.25, -0.2) is 13.4 Å². The molecule has 0 bridgehead atoms. The van der Waals surface area contributed by atoms with Crippen LogP contribution in [0.4, 0.5) is 5.69 Å². The predicted molar refractivity (Wildman–Crippen MR) is 133 cm³/mol. The summed E-state index contributed by atoms with van der Waals surface area (Å²) in [5.41, 5.74) is 3.42. The Labute approximate surface area is 196 Å². The third-order valence-electron chi connectivity index (χ3n) is 5.78. The lowest BCUT2D eigenvalue weighted by Gasteiger charge is -2.33. The van der Waals surface area contributed by atoms with Crippen LogP contribution >= 0.6 is 11.3 Å². The van der Waals surface area contributed by atoms with E-state index in [0.717, 1.165) is 26.4 Å². The molecular weight excluding hydrogens is 454 g/mol. The van der Waals surface area contributed by atoms with E-state index in [1.54, 1.807) is 11.3 Å². The summed E-state index contributed by atoms with van der Waals surface area (Å²) >= 11 is 1.61. The number of carbonyl (C=O) groups is 1. The molecule has 5 rings (SSSR count). The molecule has 0 radical (unpaired) electrons. The number of sulfone groups is 1. The van der Waals surface area contributed by atoms with Crippen molar-refractivity contribution < 1.29 is 13.2 Å². The average Bonchev–Trinajstić information content (AvgIpc) is 3.26. The molecule has 1 fully saturated rings.